The van der Waals surface area contributed by atoms with Crippen molar-refractivity contribution >= 4 is 17.0 Å². The predicted octanol–water partition coefficient (Wildman–Crippen LogP) is 1.62. The highest BCUT2D eigenvalue weighted by molar-refractivity contribution is 5.79. The fourth-order valence-electron chi connectivity index (χ4n) is 3.59. The molecule has 2 aliphatic rings. The topological polar surface area (TPSA) is 87.8 Å². The van der Waals surface area contributed by atoms with Gasteiger partial charge in [0.15, 0.2) is 11.6 Å². The molecular weight excluding hydrogens is 339 g/mol. The molecule has 3 aromatic rings. The van der Waals surface area contributed by atoms with Crippen LogP contribution < -0.4 is 10.2 Å². The highest BCUT2D eigenvalue weighted by Crippen LogP contribution is 2.36. The van der Waals surface area contributed by atoms with Gasteiger partial charge in [0.2, 0.25) is 6.35 Å². The number of anilines is 2. The number of hydrogen-bond donors (Lipinski definition) is 2. The van der Waals surface area contributed by atoms with E-state index < -0.39 is 6.35 Å². The Morgan fingerprint density at radius 3 is 2.92 bits per heavy atom. The number of aliphatic hydroxyl groups excluding tert-OH is 1. The summed E-state index contributed by atoms with van der Waals surface area (Å²) in [4.78, 5) is 11.0. The first-order valence-corrected chi connectivity index (χ1v) is 8.52. The Labute approximate surface area is 148 Å². The van der Waals surface area contributed by atoms with Gasteiger partial charge in [-0.3, -0.25) is 0 Å². The van der Waals surface area contributed by atoms with E-state index >= 15 is 0 Å². The van der Waals surface area contributed by atoms with Gasteiger partial charge in [-0.25, -0.2) is 18.9 Å². The maximum absolute atomic E-state index is 13.4. The average molecular weight is 356 g/mol. The van der Waals surface area contributed by atoms with Crippen molar-refractivity contribution in [3.63, 3.8) is 0 Å². The summed E-state index contributed by atoms with van der Waals surface area (Å²) in [7, 11) is 0. The van der Waals surface area contributed by atoms with Gasteiger partial charge in [-0.2, -0.15) is 5.10 Å². The Kier molecular flexibility index (Phi) is 3.50. The number of ether oxygens (including phenoxy) is 1. The summed E-state index contributed by atoms with van der Waals surface area (Å²) in [6, 6.07) is 3.18. The van der Waals surface area contributed by atoms with Crippen LogP contribution in [-0.2, 0) is 4.74 Å². The van der Waals surface area contributed by atoms with Crippen LogP contribution in [0.25, 0.3) is 16.9 Å². The first kappa shape index (κ1) is 15.5. The van der Waals surface area contributed by atoms with Crippen LogP contribution in [0.1, 0.15) is 12.8 Å². The quantitative estimate of drug-likeness (QED) is 0.721. The average Bonchev–Trinajstić information content (AvgIpc) is 3.21. The van der Waals surface area contributed by atoms with E-state index in [0.29, 0.717) is 36.1 Å². The number of aliphatic hydroxyl groups is 1. The largest absolute Gasteiger partial charge is 0.381 e. The fraction of sp³-hybridized carbons (Fsp3) is 0.353. The molecule has 1 fully saturated rings. The summed E-state index contributed by atoms with van der Waals surface area (Å²) in [6.45, 7) is 1.33. The zero-order valence-corrected chi connectivity index (χ0v) is 13.8. The van der Waals surface area contributed by atoms with E-state index in [1.54, 1.807) is 18.5 Å². The van der Waals surface area contributed by atoms with Crippen LogP contribution in [-0.4, -0.2) is 50.3 Å². The van der Waals surface area contributed by atoms with Crippen molar-refractivity contribution in [2.45, 2.75) is 25.2 Å². The lowest BCUT2D eigenvalue weighted by molar-refractivity contribution is 0.0732. The number of aromatic nitrogens is 4. The van der Waals surface area contributed by atoms with Crippen molar-refractivity contribution in [3.05, 3.63) is 36.5 Å². The monoisotopic (exact) mass is 356 g/mol. The van der Waals surface area contributed by atoms with Gasteiger partial charge in [-0.1, -0.05) is 0 Å². The molecule has 0 amide bonds. The van der Waals surface area contributed by atoms with Gasteiger partial charge in [0.05, 0.1) is 35.4 Å². The molecule has 5 heterocycles. The highest BCUT2D eigenvalue weighted by Gasteiger charge is 2.35. The summed E-state index contributed by atoms with van der Waals surface area (Å²) in [6.07, 6.45) is 5.41. The molecule has 1 atom stereocenters. The second-order valence-corrected chi connectivity index (χ2v) is 6.44. The molecule has 9 heteroatoms. The number of halogens is 1. The van der Waals surface area contributed by atoms with Gasteiger partial charge in [-0.15, -0.1) is 0 Å². The zero-order chi connectivity index (χ0) is 17.7. The zero-order valence-electron chi connectivity index (χ0n) is 13.8. The molecule has 1 saturated heterocycles. The Morgan fingerprint density at radius 1 is 1.23 bits per heavy atom. The van der Waals surface area contributed by atoms with Crippen molar-refractivity contribution in [3.8, 4) is 11.4 Å². The second-order valence-electron chi connectivity index (χ2n) is 6.44. The third-order valence-electron chi connectivity index (χ3n) is 4.87. The number of nitrogens with zero attached hydrogens (tertiary/aromatic N) is 5. The summed E-state index contributed by atoms with van der Waals surface area (Å²) >= 11 is 0. The molecule has 26 heavy (non-hydrogen) atoms. The lowest BCUT2D eigenvalue weighted by Crippen LogP contribution is -2.46. The van der Waals surface area contributed by atoms with Gasteiger partial charge in [-0.05, 0) is 25.0 Å². The first-order chi connectivity index (χ1) is 12.7. The lowest BCUT2D eigenvalue weighted by Gasteiger charge is -2.33. The summed E-state index contributed by atoms with van der Waals surface area (Å²) in [5, 5.41) is 17.6. The molecule has 2 N–H and O–H groups in total. The lowest BCUT2D eigenvalue weighted by atomic mass is 10.1. The van der Waals surface area contributed by atoms with E-state index in [1.807, 2.05) is 4.90 Å². The van der Waals surface area contributed by atoms with Gasteiger partial charge in [0, 0.05) is 19.3 Å². The molecule has 0 aromatic carbocycles. The maximum atomic E-state index is 13.4. The fourth-order valence-corrected chi connectivity index (χ4v) is 3.59. The number of fused-ring (bicyclic) bond motifs is 2. The summed E-state index contributed by atoms with van der Waals surface area (Å²) < 4.78 is 20.3. The Morgan fingerprint density at radius 2 is 2.08 bits per heavy atom. The van der Waals surface area contributed by atoms with Gasteiger partial charge < -0.3 is 20.1 Å². The maximum Gasteiger partial charge on any atom is 0.206 e. The van der Waals surface area contributed by atoms with E-state index in [2.05, 4.69) is 20.4 Å². The van der Waals surface area contributed by atoms with Gasteiger partial charge >= 0.3 is 0 Å². The van der Waals surface area contributed by atoms with Crippen LogP contribution in [0.15, 0.2) is 30.7 Å². The van der Waals surface area contributed by atoms with Crippen LogP contribution in [0.5, 0.6) is 0 Å². The SMILES string of the molecule is OC1Nc2cnc(-c3cnn4cc(F)ccc34)nc2N1C1CCOCC1. The Balaban J connectivity index is 1.57. The van der Waals surface area contributed by atoms with Crippen LogP contribution in [0, 0.1) is 5.82 Å². The van der Waals surface area contributed by atoms with Crippen molar-refractivity contribution in [2.24, 2.45) is 0 Å². The smallest absolute Gasteiger partial charge is 0.206 e. The van der Waals surface area contributed by atoms with E-state index in [-0.39, 0.29) is 11.9 Å². The van der Waals surface area contributed by atoms with Crippen molar-refractivity contribution in [1.82, 2.24) is 19.6 Å². The molecule has 0 spiro atoms. The molecule has 5 rings (SSSR count). The number of nitrogens with one attached hydrogen (secondary N) is 1. The van der Waals surface area contributed by atoms with Crippen LogP contribution >= 0.6 is 0 Å². The van der Waals surface area contributed by atoms with Gasteiger partial charge in [0.25, 0.3) is 0 Å². The number of hydrogen-bond acceptors (Lipinski definition) is 7. The minimum atomic E-state index is -0.837. The molecule has 2 aliphatic heterocycles. The normalized spacial score (nSPS) is 20.4. The summed E-state index contributed by atoms with van der Waals surface area (Å²) in [5.74, 6) is 0.786. The van der Waals surface area contributed by atoms with E-state index in [9.17, 15) is 9.50 Å². The van der Waals surface area contributed by atoms with Crippen LogP contribution in [0.3, 0.4) is 0 Å². The Bertz CT molecular complexity index is 971. The minimum Gasteiger partial charge on any atom is -0.381 e. The number of rotatable bonds is 2. The molecule has 3 aromatic heterocycles. The number of pyridine rings is 1. The third kappa shape index (κ3) is 2.39. The first-order valence-electron chi connectivity index (χ1n) is 8.52. The molecule has 1 unspecified atom stereocenters. The van der Waals surface area contributed by atoms with Crippen LogP contribution in [0.2, 0.25) is 0 Å². The minimum absolute atomic E-state index is 0.147. The standard InChI is InChI=1S/C17H17FN6O2/c18-10-1-2-14-12(7-20-23(14)9-10)15-19-8-13-16(22-15)24(17(25)21-13)11-3-5-26-6-4-11/h1-2,7-9,11,17,21,25H,3-6H2. The van der Waals surface area contributed by atoms with E-state index in [4.69, 9.17) is 4.74 Å². The third-order valence-corrected chi connectivity index (χ3v) is 4.87. The van der Waals surface area contributed by atoms with E-state index in [1.165, 1.54) is 16.8 Å². The highest BCUT2D eigenvalue weighted by atomic mass is 19.1. The molecule has 0 bridgehead atoms. The molecule has 134 valence electrons. The molecule has 8 nitrogen and oxygen atoms in total. The molecule has 0 radical (unpaired) electrons. The molecule has 0 aliphatic carbocycles. The predicted molar refractivity (Wildman–Crippen MR) is 92.1 cm³/mol. The van der Waals surface area contributed by atoms with E-state index in [0.717, 1.165) is 18.4 Å². The van der Waals surface area contributed by atoms with Crippen molar-refractivity contribution in [2.75, 3.05) is 23.4 Å². The van der Waals surface area contributed by atoms with Crippen molar-refractivity contribution < 1.29 is 14.2 Å². The van der Waals surface area contributed by atoms with Crippen LogP contribution in [0.4, 0.5) is 15.9 Å². The molecule has 0 saturated carbocycles. The van der Waals surface area contributed by atoms with Gasteiger partial charge in [0.1, 0.15) is 5.82 Å². The summed E-state index contributed by atoms with van der Waals surface area (Å²) in [5.41, 5.74) is 2.12. The second kappa shape index (κ2) is 5.89. The Hall–Kier alpha value is -2.78. The van der Waals surface area contributed by atoms with Crippen molar-refractivity contribution in [1.29, 1.82) is 0 Å². The molecular formula is C17H17FN6O2.